The van der Waals surface area contributed by atoms with Crippen LogP contribution >= 0.6 is 15.6 Å². The summed E-state index contributed by atoms with van der Waals surface area (Å²) in [6.45, 7) is 7.29. The maximum Gasteiger partial charge on any atom is 0.472 e. The highest BCUT2D eigenvalue weighted by Crippen LogP contribution is 2.45. The average Bonchev–Trinajstić information content (AvgIpc) is 1.28. The zero-order chi connectivity index (χ0) is 69.8. The molecular formula is C76H148O17P2. The van der Waals surface area contributed by atoms with E-state index in [4.69, 9.17) is 37.0 Å². The van der Waals surface area contributed by atoms with Crippen molar-refractivity contribution >= 4 is 39.5 Å². The number of aliphatic hydroxyl groups is 1. The van der Waals surface area contributed by atoms with Crippen LogP contribution in [0.4, 0.5) is 0 Å². The van der Waals surface area contributed by atoms with E-state index in [-0.39, 0.29) is 25.7 Å². The molecule has 0 spiro atoms. The van der Waals surface area contributed by atoms with Gasteiger partial charge in [-0.25, -0.2) is 9.13 Å². The van der Waals surface area contributed by atoms with Crippen molar-refractivity contribution in [1.29, 1.82) is 0 Å². The molecule has 6 atom stereocenters. The number of hydrogen-bond acceptors (Lipinski definition) is 15. The molecule has 0 bridgehead atoms. The summed E-state index contributed by atoms with van der Waals surface area (Å²) in [6.07, 6.45) is 58.1. The molecule has 0 heterocycles. The lowest BCUT2D eigenvalue weighted by molar-refractivity contribution is -0.161. The van der Waals surface area contributed by atoms with Crippen LogP contribution in [0.5, 0.6) is 0 Å². The molecule has 19 heteroatoms. The Bertz CT molecular complexity index is 1820. The average molecular weight is 1400 g/mol. The van der Waals surface area contributed by atoms with Gasteiger partial charge in [0.1, 0.15) is 19.3 Å². The molecule has 0 aromatic carbocycles. The van der Waals surface area contributed by atoms with Crippen molar-refractivity contribution in [2.75, 3.05) is 39.6 Å². The normalized spacial score (nSPS) is 14.2. The number of aliphatic hydroxyl groups excluding tert-OH is 1. The summed E-state index contributed by atoms with van der Waals surface area (Å²) in [4.78, 5) is 72.8. The van der Waals surface area contributed by atoms with Gasteiger partial charge in [0.25, 0.3) is 0 Å². The minimum absolute atomic E-state index is 0.106. The van der Waals surface area contributed by atoms with E-state index in [1.54, 1.807) is 0 Å². The van der Waals surface area contributed by atoms with Crippen LogP contribution in [0.3, 0.4) is 0 Å². The van der Waals surface area contributed by atoms with Gasteiger partial charge in [-0.05, 0) is 31.6 Å². The van der Waals surface area contributed by atoms with E-state index in [2.05, 4.69) is 34.6 Å². The zero-order valence-corrected chi connectivity index (χ0v) is 63.6. The van der Waals surface area contributed by atoms with Gasteiger partial charge >= 0.3 is 39.5 Å². The first kappa shape index (κ1) is 93.1. The van der Waals surface area contributed by atoms with E-state index in [0.717, 1.165) is 95.8 Å². The molecule has 0 saturated heterocycles. The van der Waals surface area contributed by atoms with E-state index in [1.807, 2.05) is 0 Å². The van der Waals surface area contributed by atoms with E-state index >= 15 is 0 Å². The van der Waals surface area contributed by atoms with Gasteiger partial charge in [-0.1, -0.05) is 349 Å². The molecule has 0 aromatic heterocycles. The van der Waals surface area contributed by atoms with Gasteiger partial charge in [0, 0.05) is 25.7 Å². The molecule has 3 unspecified atom stereocenters. The Morgan fingerprint density at radius 3 is 0.747 bits per heavy atom. The van der Waals surface area contributed by atoms with Crippen molar-refractivity contribution in [2.45, 2.75) is 419 Å². The number of phosphoric acid groups is 2. The number of ether oxygens (including phenoxy) is 4. The standard InChI is InChI=1S/C76H148O17P2/c1-6-10-13-16-19-22-25-27-29-31-33-36-39-45-50-55-60-74(79)87-65-71(92-75(80)61-56-51-46-40-37-34-32-30-28-26-23-20-17-14-11-7-2)67-90-94(82,83)88-63-70(77)64-89-95(84,85)91-68-72(66-86-73(78)59-54-49-44-38-35-24-21-18-15-12-8-3)93-76(81)62-57-52-47-42-41-43-48-53-58-69(5)9-4/h69-72,77H,6-68H2,1-5H3,(H,82,83)(H,84,85)/t69?,70-,71-,72-/m1/s1. The Balaban J connectivity index is 5.25. The fourth-order valence-corrected chi connectivity index (χ4v) is 13.3. The molecular weight excluding hydrogens is 1250 g/mol. The maximum absolute atomic E-state index is 13.1. The largest absolute Gasteiger partial charge is 0.472 e. The van der Waals surface area contributed by atoms with Crippen LogP contribution in [0.1, 0.15) is 401 Å². The molecule has 95 heavy (non-hydrogen) atoms. The second-order valence-electron chi connectivity index (χ2n) is 27.6. The van der Waals surface area contributed by atoms with Crippen LogP contribution in [0.25, 0.3) is 0 Å². The monoisotopic (exact) mass is 1400 g/mol. The lowest BCUT2D eigenvalue weighted by atomic mass is 9.99. The van der Waals surface area contributed by atoms with Crippen LogP contribution in [0, 0.1) is 5.92 Å². The lowest BCUT2D eigenvalue weighted by Gasteiger charge is -2.21. The van der Waals surface area contributed by atoms with Crippen molar-refractivity contribution in [1.82, 2.24) is 0 Å². The van der Waals surface area contributed by atoms with Gasteiger partial charge in [-0.3, -0.25) is 37.3 Å². The Morgan fingerprint density at radius 2 is 0.505 bits per heavy atom. The van der Waals surface area contributed by atoms with Crippen molar-refractivity contribution in [2.24, 2.45) is 5.92 Å². The third-order valence-corrected chi connectivity index (χ3v) is 20.0. The molecule has 0 fully saturated rings. The van der Waals surface area contributed by atoms with Crippen molar-refractivity contribution in [3.8, 4) is 0 Å². The minimum Gasteiger partial charge on any atom is -0.462 e. The Morgan fingerprint density at radius 1 is 0.295 bits per heavy atom. The van der Waals surface area contributed by atoms with Gasteiger partial charge in [0.05, 0.1) is 26.4 Å². The fourth-order valence-electron chi connectivity index (χ4n) is 11.7. The van der Waals surface area contributed by atoms with Crippen LogP contribution in [0.2, 0.25) is 0 Å². The lowest BCUT2D eigenvalue weighted by Crippen LogP contribution is -2.30. The SMILES string of the molecule is CCCCCCCCCCCCCCCCCCC(=O)OC[C@H](COP(=O)(O)OC[C@@H](O)COP(=O)(O)OC[C@@H](COC(=O)CCCCCCCCCCCCC)OC(=O)CCCCCCCCCCC(C)CC)OC(=O)CCCCCCCCCCCCCCCCCC. The van der Waals surface area contributed by atoms with Crippen molar-refractivity contribution in [3.63, 3.8) is 0 Å². The van der Waals surface area contributed by atoms with Gasteiger partial charge < -0.3 is 33.8 Å². The molecule has 0 aromatic rings. The zero-order valence-electron chi connectivity index (χ0n) is 61.8. The predicted octanol–water partition coefficient (Wildman–Crippen LogP) is 22.5. The summed E-state index contributed by atoms with van der Waals surface area (Å²) in [5, 5.41) is 10.6. The smallest absolute Gasteiger partial charge is 0.462 e. The number of hydrogen-bond donors (Lipinski definition) is 3. The number of carbonyl (C=O) groups excluding carboxylic acids is 4. The third kappa shape index (κ3) is 69.0. The highest BCUT2D eigenvalue weighted by molar-refractivity contribution is 7.47. The summed E-state index contributed by atoms with van der Waals surface area (Å²) >= 11 is 0. The van der Waals surface area contributed by atoms with E-state index in [9.17, 15) is 43.2 Å². The van der Waals surface area contributed by atoms with Gasteiger partial charge in [0.15, 0.2) is 12.2 Å². The molecule has 17 nitrogen and oxygen atoms in total. The first-order valence-electron chi connectivity index (χ1n) is 39.7. The van der Waals surface area contributed by atoms with Gasteiger partial charge in [-0.2, -0.15) is 0 Å². The van der Waals surface area contributed by atoms with Crippen LogP contribution in [-0.2, 0) is 65.4 Å². The first-order chi connectivity index (χ1) is 46.1. The molecule has 0 radical (unpaired) electrons. The van der Waals surface area contributed by atoms with Crippen LogP contribution in [-0.4, -0.2) is 96.7 Å². The van der Waals surface area contributed by atoms with Crippen molar-refractivity contribution in [3.05, 3.63) is 0 Å². The first-order valence-corrected chi connectivity index (χ1v) is 42.7. The molecule has 0 aliphatic carbocycles. The third-order valence-electron chi connectivity index (χ3n) is 18.1. The number of phosphoric ester groups is 2. The molecule has 0 aliphatic heterocycles. The maximum atomic E-state index is 13.1. The Hall–Kier alpha value is -1.94. The van der Waals surface area contributed by atoms with Crippen molar-refractivity contribution < 1.29 is 80.2 Å². The van der Waals surface area contributed by atoms with Gasteiger partial charge in [-0.15, -0.1) is 0 Å². The summed E-state index contributed by atoms with van der Waals surface area (Å²) in [5.41, 5.74) is 0. The van der Waals surface area contributed by atoms with E-state index < -0.39 is 97.5 Å². The Labute approximate surface area is 581 Å². The second-order valence-corrected chi connectivity index (χ2v) is 30.5. The predicted molar refractivity (Wildman–Crippen MR) is 386 cm³/mol. The number of rotatable bonds is 76. The fraction of sp³-hybridized carbons (Fsp3) is 0.947. The number of esters is 4. The van der Waals surface area contributed by atoms with Crippen LogP contribution < -0.4 is 0 Å². The van der Waals surface area contributed by atoms with E-state index in [1.165, 1.54) is 225 Å². The molecule has 0 saturated carbocycles. The molecule has 564 valence electrons. The summed E-state index contributed by atoms with van der Waals surface area (Å²) in [7, 11) is -9.91. The Kier molecular flexibility index (Phi) is 67.7. The number of unbranched alkanes of at least 4 members (excludes halogenated alkanes) is 47. The minimum atomic E-state index is -4.96. The molecule has 0 aliphatic rings. The highest BCUT2D eigenvalue weighted by Gasteiger charge is 2.30. The second kappa shape index (κ2) is 69.2. The summed E-state index contributed by atoms with van der Waals surface area (Å²) in [5.74, 6) is -1.34. The summed E-state index contributed by atoms with van der Waals surface area (Å²) in [6, 6.07) is 0. The molecule has 0 amide bonds. The quantitative estimate of drug-likeness (QED) is 0.0222. The summed E-state index contributed by atoms with van der Waals surface area (Å²) < 4.78 is 68.5. The topological polar surface area (TPSA) is 237 Å². The molecule has 0 rings (SSSR count). The highest BCUT2D eigenvalue weighted by atomic mass is 31.2. The van der Waals surface area contributed by atoms with Gasteiger partial charge in [0.2, 0.25) is 0 Å². The van der Waals surface area contributed by atoms with E-state index in [0.29, 0.717) is 25.7 Å². The number of carbonyl (C=O) groups is 4. The van der Waals surface area contributed by atoms with Crippen LogP contribution in [0.15, 0.2) is 0 Å². The molecule has 3 N–H and O–H groups in total.